The number of hydrogen-bond donors (Lipinski definition) is 5. The molecule has 2 aromatic carbocycles. The van der Waals surface area contributed by atoms with Crippen LogP contribution < -0.4 is 4.74 Å². The Kier molecular flexibility index (Phi) is 7.77. The van der Waals surface area contributed by atoms with E-state index in [1.807, 2.05) is 0 Å². The summed E-state index contributed by atoms with van der Waals surface area (Å²) in [6.45, 7) is 4.68. The lowest BCUT2D eigenvalue weighted by molar-refractivity contribution is -0.180. The van der Waals surface area contributed by atoms with Crippen LogP contribution >= 0.6 is 0 Å². The van der Waals surface area contributed by atoms with E-state index in [1.54, 1.807) is 26.0 Å². The quantitative estimate of drug-likeness (QED) is 0.366. The third kappa shape index (κ3) is 5.04. The number of phenolic OH excluding ortho intramolecular Hbond substituents is 2. The van der Waals surface area contributed by atoms with Gasteiger partial charge in [-0.2, -0.15) is 0 Å². The number of phenols is 2. The minimum absolute atomic E-state index is 0.0147. The first-order valence-corrected chi connectivity index (χ1v) is 12.4. The SMILES string of the molecule is CO[C@@H]1C(=O)c2c(cc3cc(O[C@H]4CC[C@H](O)C(C)O4)c(C)c(O)c3c2O)CC1CC(=O)[C@@H](O)[C@@H](C)O. The molecular formula is C27H34O10. The number of hydrogen-bond acceptors (Lipinski definition) is 10. The van der Waals surface area contributed by atoms with Gasteiger partial charge in [0, 0.05) is 31.4 Å². The summed E-state index contributed by atoms with van der Waals surface area (Å²) >= 11 is 0. The molecule has 4 rings (SSSR count). The van der Waals surface area contributed by atoms with Crippen LogP contribution in [-0.2, 0) is 20.7 Å². The standard InChI is InChI=1S/C27H34O10/c1-11-19(37-20-6-5-17(29)13(3)36-20)10-15-7-14-8-16(9-18(30)24(32)12(2)28)27(35-4)26(34)22(14)25(33)21(15)23(11)31/h7,10,12-13,16-17,20,24,27-29,31-33H,5-6,8-9H2,1-4H3/t12-,13?,16?,17+,20+,24+,27+/m1/s1. The highest BCUT2D eigenvalue weighted by Crippen LogP contribution is 2.46. The molecule has 5 N–H and O–H groups in total. The van der Waals surface area contributed by atoms with E-state index in [1.165, 1.54) is 14.0 Å². The number of carbonyl (C=O) groups is 2. The van der Waals surface area contributed by atoms with E-state index in [4.69, 9.17) is 14.2 Å². The van der Waals surface area contributed by atoms with Crippen LogP contribution in [0.3, 0.4) is 0 Å². The summed E-state index contributed by atoms with van der Waals surface area (Å²) in [4.78, 5) is 25.8. The first kappa shape index (κ1) is 27.3. The zero-order valence-electron chi connectivity index (χ0n) is 21.3. The normalized spacial score (nSPS) is 27.5. The number of aromatic hydroxyl groups is 2. The van der Waals surface area contributed by atoms with Crippen LogP contribution in [0.2, 0.25) is 0 Å². The molecule has 2 aromatic rings. The van der Waals surface area contributed by atoms with Crippen molar-refractivity contribution in [1.82, 2.24) is 0 Å². The van der Waals surface area contributed by atoms with Gasteiger partial charge < -0.3 is 39.7 Å². The molecule has 0 aromatic heterocycles. The first-order valence-electron chi connectivity index (χ1n) is 12.4. The molecule has 1 saturated heterocycles. The number of ether oxygens (including phenoxy) is 3. The molecule has 1 fully saturated rings. The fourth-order valence-electron chi connectivity index (χ4n) is 5.26. The molecule has 2 aliphatic rings. The van der Waals surface area contributed by atoms with Gasteiger partial charge in [-0.3, -0.25) is 9.59 Å². The Morgan fingerprint density at radius 2 is 1.89 bits per heavy atom. The van der Waals surface area contributed by atoms with Crippen molar-refractivity contribution in [3.05, 3.63) is 28.8 Å². The van der Waals surface area contributed by atoms with Gasteiger partial charge in [0.15, 0.2) is 17.9 Å². The molecule has 0 bridgehead atoms. The Morgan fingerprint density at radius 3 is 2.51 bits per heavy atom. The molecule has 1 aliphatic carbocycles. The number of rotatable bonds is 7. The molecule has 1 heterocycles. The van der Waals surface area contributed by atoms with E-state index >= 15 is 0 Å². The number of ketones is 2. The van der Waals surface area contributed by atoms with Crippen LogP contribution in [-0.4, -0.2) is 81.0 Å². The van der Waals surface area contributed by atoms with Crippen molar-refractivity contribution in [2.75, 3.05) is 7.11 Å². The Balaban J connectivity index is 1.72. The lowest BCUT2D eigenvalue weighted by atomic mass is 9.76. The number of Topliss-reactive ketones (excluding diaryl/α,β-unsaturated/α-hetero) is 2. The average Bonchev–Trinajstić information content (AvgIpc) is 2.83. The van der Waals surface area contributed by atoms with E-state index in [-0.39, 0.29) is 35.3 Å². The molecule has 0 spiro atoms. The molecular weight excluding hydrogens is 484 g/mol. The summed E-state index contributed by atoms with van der Waals surface area (Å²) in [5.41, 5.74) is 0.834. The molecule has 10 heteroatoms. The highest BCUT2D eigenvalue weighted by Gasteiger charge is 2.40. The van der Waals surface area contributed by atoms with Gasteiger partial charge >= 0.3 is 0 Å². The van der Waals surface area contributed by atoms with Crippen molar-refractivity contribution in [1.29, 1.82) is 0 Å². The first-order chi connectivity index (χ1) is 17.4. The Bertz CT molecular complexity index is 1210. The molecule has 7 atom stereocenters. The van der Waals surface area contributed by atoms with Gasteiger partial charge in [-0.1, -0.05) is 0 Å². The van der Waals surface area contributed by atoms with Gasteiger partial charge in [0.2, 0.25) is 0 Å². The monoisotopic (exact) mass is 518 g/mol. The predicted molar refractivity (Wildman–Crippen MR) is 132 cm³/mol. The van der Waals surface area contributed by atoms with E-state index in [0.717, 1.165) is 0 Å². The summed E-state index contributed by atoms with van der Waals surface area (Å²) in [6.07, 6.45) is -4.54. The van der Waals surface area contributed by atoms with E-state index in [2.05, 4.69) is 0 Å². The maximum atomic E-state index is 13.3. The number of aliphatic hydroxyl groups is 3. The lowest BCUT2D eigenvalue weighted by Gasteiger charge is -2.33. The van der Waals surface area contributed by atoms with Crippen molar-refractivity contribution < 1.29 is 49.3 Å². The van der Waals surface area contributed by atoms with Gasteiger partial charge in [-0.15, -0.1) is 0 Å². The maximum Gasteiger partial charge on any atom is 0.200 e. The number of benzene rings is 2. The van der Waals surface area contributed by atoms with Crippen LogP contribution in [0.15, 0.2) is 12.1 Å². The molecule has 10 nitrogen and oxygen atoms in total. The number of carbonyl (C=O) groups excluding carboxylic acids is 2. The van der Waals surface area contributed by atoms with Crippen molar-refractivity contribution in [3.63, 3.8) is 0 Å². The van der Waals surface area contributed by atoms with Crippen molar-refractivity contribution in [3.8, 4) is 17.2 Å². The topological polar surface area (TPSA) is 163 Å². The summed E-state index contributed by atoms with van der Waals surface area (Å²) in [7, 11) is 1.33. The third-order valence-electron chi connectivity index (χ3n) is 7.45. The van der Waals surface area contributed by atoms with Crippen LogP contribution in [0.1, 0.15) is 54.6 Å². The maximum absolute atomic E-state index is 13.3. The van der Waals surface area contributed by atoms with Gasteiger partial charge in [0.05, 0.1) is 29.3 Å². The van der Waals surface area contributed by atoms with E-state index in [0.29, 0.717) is 35.1 Å². The fourth-order valence-corrected chi connectivity index (χ4v) is 5.26. The lowest BCUT2D eigenvalue weighted by Crippen LogP contribution is -2.41. The largest absolute Gasteiger partial charge is 0.507 e. The predicted octanol–water partition coefficient (Wildman–Crippen LogP) is 1.90. The molecule has 0 amide bonds. The van der Waals surface area contributed by atoms with Crippen LogP contribution in [0.5, 0.6) is 17.2 Å². The fraction of sp³-hybridized carbons (Fsp3) is 0.556. The van der Waals surface area contributed by atoms with Gasteiger partial charge in [-0.25, -0.2) is 0 Å². The number of aliphatic hydroxyl groups excluding tert-OH is 3. The van der Waals surface area contributed by atoms with Gasteiger partial charge in [0.25, 0.3) is 0 Å². The minimum atomic E-state index is -1.58. The summed E-state index contributed by atoms with van der Waals surface area (Å²) in [6, 6.07) is 3.31. The van der Waals surface area contributed by atoms with Gasteiger partial charge in [0.1, 0.15) is 29.5 Å². The Hall–Kier alpha value is -2.76. The average molecular weight is 519 g/mol. The highest BCUT2D eigenvalue weighted by atomic mass is 16.7. The number of fused-ring (bicyclic) bond motifs is 2. The third-order valence-corrected chi connectivity index (χ3v) is 7.45. The molecule has 0 saturated carbocycles. The minimum Gasteiger partial charge on any atom is -0.507 e. The summed E-state index contributed by atoms with van der Waals surface area (Å²) < 4.78 is 17.1. The zero-order chi connectivity index (χ0) is 27.2. The highest BCUT2D eigenvalue weighted by molar-refractivity contribution is 6.11. The summed E-state index contributed by atoms with van der Waals surface area (Å²) in [5, 5.41) is 52.0. The van der Waals surface area contributed by atoms with E-state index in [9.17, 15) is 35.1 Å². The zero-order valence-corrected chi connectivity index (χ0v) is 21.3. The second-order valence-corrected chi connectivity index (χ2v) is 10.1. The second-order valence-electron chi connectivity index (χ2n) is 10.1. The van der Waals surface area contributed by atoms with Crippen LogP contribution in [0.25, 0.3) is 10.8 Å². The molecule has 2 unspecified atom stereocenters. The Labute approximate surface area is 214 Å². The molecule has 37 heavy (non-hydrogen) atoms. The smallest absolute Gasteiger partial charge is 0.200 e. The molecule has 1 aliphatic heterocycles. The number of methoxy groups -OCH3 is 1. The summed E-state index contributed by atoms with van der Waals surface area (Å²) in [5.74, 6) is -2.06. The van der Waals surface area contributed by atoms with E-state index < -0.39 is 54.3 Å². The van der Waals surface area contributed by atoms with Crippen LogP contribution in [0, 0.1) is 12.8 Å². The second kappa shape index (κ2) is 10.5. The van der Waals surface area contributed by atoms with Crippen LogP contribution in [0.4, 0.5) is 0 Å². The van der Waals surface area contributed by atoms with Crippen molar-refractivity contribution in [2.24, 2.45) is 5.92 Å². The molecule has 202 valence electrons. The van der Waals surface area contributed by atoms with Crippen molar-refractivity contribution in [2.45, 2.75) is 83.3 Å². The van der Waals surface area contributed by atoms with Gasteiger partial charge in [-0.05, 0) is 56.7 Å². The Morgan fingerprint density at radius 1 is 1.19 bits per heavy atom. The molecule has 0 radical (unpaired) electrons. The van der Waals surface area contributed by atoms with Crippen molar-refractivity contribution >= 4 is 22.3 Å².